The van der Waals surface area contributed by atoms with Gasteiger partial charge in [-0.1, -0.05) is 60.7 Å². The van der Waals surface area contributed by atoms with Crippen LogP contribution >= 0.6 is 0 Å². The van der Waals surface area contributed by atoms with Crippen molar-refractivity contribution in [1.82, 2.24) is 10.6 Å². The lowest BCUT2D eigenvalue weighted by Crippen LogP contribution is -2.43. The van der Waals surface area contributed by atoms with E-state index in [9.17, 15) is 19.2 Å². The van der Waals surface area contributed by atoms with Gasteiger partial charge in [-0.05, 0) is 24.5 Å². The number of nitrogens with one attached hydrogen (secondary N) is 2. The Kier molecular flexibility index (Phi) is 8.56. The highest BCUT2D eigenvalue weighted by Crippen LogP contribution is 2.04. The average molecular weight is 396 g/mol. The van der Waals surface area contributed by atoms with Crippen molar-refractivity contribution in [3.05, 3.63) is 71.8 Å². The Balaban J connectivity index is 1.70. The van der Waals surface area contributed by atoms with Gasteiger partial charge in [0.05, 0.1) is 12.5 Å². The Hall–Kier alpha value is -3.48. The van der Waals surface area contributed by atoms with Gasteiger partial charge in [-0.3, -0.25) is 19.2 Å². The van der Waals surface area contributed by atoms with Crippen LogP contribution in [0.2, 0.25) is 0 Å². The summed E-state index contributed by atoms with van der Waals surface area (Å²) in [5.74, 6) is -1.83. The van der Waals surface area contributed by atoms with Crippen molar-refractivity contribution in [3.8, 4) is 0 Å². The maximum atomic E-state index is 12.0. The molecule has 0 aliphatic rings. The van der Waals surface area contributed by atoms with Gasteiger partial charge in [0, 0.05) is 0 Å². The van der Waals surface area contributed by atoms with Gasteiger partial charge in [0.25, 0.3) is 5.91 Å². The van der Waals surface area contributed by atoms with E-state index < -0.39 is 24.5 Å². The van der Waals surface area contributed by atoms with Crippen LogP contribution in [0.5, 0.6) is 0 Å². The third-order valence-corrected chi connectivity index (χ3v) is 4.11. The number of hydrogen-bond acceptors (Lipinski definition) is 5. The van der Waals surface area contributed by atoms with Crippen molar-refractivity contribution in [3.63, 3.8) is 0 Å². The summed E-state index contributed by atoms with van der Waals surface area (Å²) in [4.78, 5) is 47.3. The summed E-state index contributed by atoms with van der Waals surface area (Å²) in [6.45, 7) is 0.535. The van der Waals surface area contributed by atoms with E-state index in [-0.39, 0.29) is 24.7 Å². The molecular formula is C22H24N2O5. The normalized spacial score (nSPS) is 11.2. The van der Waals surface area contributed by atoms with Crippen molar-refractivity contribution in [1.29, 1.82) is 0 Å². The molecule has 0 saturated heterocycles. The first-order valence-electron chi connectivity index (χ1n) is 9.24. The number of amides is 2. The minimum absolute atomic E-state index is 0.147. The first kappa shape index (κ1) is 21.8. The van der Waals surface area contributed by atoms with Crippen LogP contribution in [-0.4, -0.2) is 42.8 Å². The summed E-state index contributed by atoms with van der Waals surface area (Å²) in [5, 5.41) is 5.01. The predicted octanol–water partition coefficient (Wildman–Crippen LogP) is 1.21. The number of Topliss-reactive ketones (excluding diaryl/α,β-unsaturated/α-hetero) is 1. The van der Waals surface area contributed by atoms with Crippen LogP contribution < -0.4 is 10.6 Å². The van der Waals surface area contributed by atoms with E-state index >= 15 is 0 Å². The number of benzene rings is 2. The molecule has 2 N–H and O–H groups in total. The van der Waals surface area contributed by atoms with Gasteiger partial charge < -0.3 is 15.4 Å². The van der Waals surface area contributed by atoms with E-state index in [1.54, 1.807) is 0 Å². The minimum atomic E-state index is -0.732. The van der Waals surface area contributed by atoms with Crippen molar-refractivity contribution in [2.45, 2.75) is 25.8 Å². The Morgan fingerprint density at radius 1 is 0.862 bits per heavy atom. The summed E-state index contributed by atoms with van der Waals surface area (Å²) in [6.07, 6.45) is 0.500. The standard InChI is InChI=1S/C22H24N2O5/c1-16(25)19(12-17-8-4-2-5-9-17)24-21(27)15-29-22(28)14-23-20(26)13-18-10-6-3-7-11-18/h2-11,19H,12-15H2,1H3,(H,23,26)(H,24,27)/t19-/m1/s1. The van der Waals surface area contributed by atoms with Crippen LogP contribution in [0.1, 0.15) is 18.1 Å². The van der Waals surface area contributed by atoms with Gasteiger partial charge in [0.15, 0.2) is 12.4 Å². The van der Waals surface area contributed by atoms with Gasteiger partial charge in [0.1, 0.15) is 6.54 Å². The van der Waals surface area contributed by atoms with Crippen molar-refractivity contribution < 1.29 is 23.9 Å². The summed E-state index contributed by atoms with van der Waals surface area (Å²) < 4.78 is 4.86. The zero-order valence-electron chi connectivity index (χ0n) is 16.2. The number of ether oxygens (including phenoxy) is 1. The van der Waals surface area contributed by atoms with Gasteiger partial charge in [-0.25, -0.2) is 0 Å². The fraction of sp³-hybridized carbons (Fsp3) is 0.273. The molecule has 0 aromatic heterocycles. The van der Waals surface area contributed by atoms with Crippen LogP contribution in [0.15, 0.2) is 60.7 Å². The fourth-order valence-electron chi connectivity index (χ4n) is 2.59. The van der Waals surface area contributed by atoms with Crippen molar-refractivity contribution in [2.24, 2.45) is 0 Å². The molecule has 7 heteroatoms. The van der Waals surface area contributed by atoms with Crippen LogP contribution in [0.3, 0.4) is 0 Å². The lowest BCUT2D eigenvalue weighted by atomic mass is 10.0. The molecule has 0 bridgehead atoms. The highest BCUT2D eigenvalue weighted by atomic mass is 16.5. The van der Waals surface area contributed by atoms with Crippen LogP contribution in [0.25, 0.3) is 0 Å². The number of carbonyl (C=O) groups is 4. The van der Waals surface area contributed by atoms with Gasteiger partial charge in [-0.2, -0.15) is 0 Å². The summed E-state index contributed by atoms with van der Waals surface area (Å²) >= 11 is 0. The van der Waals surface area contributed by atoms with E-state index in [1.165, 1.54) is 6.92 Å². The zero-order valence-corrected chi connectivity index (χ0v) is 16.2. The molecule has 0 heterocycles. The molecule has 29 heavy (non-hydrogen) atoms. The summed E-state index contributed by atoms with van der Waals surface area (Å²) in [5.41, 5.74) is 1.73. The number of esters is 1. The second-order valence-corrected chi connectivity index (χ2v) is 6.52. The predicted molar refractivity (Wildman–Crippen MR) is 107 cm³/mol. The molecule has 1 atom stereocenters. The zero-order chi connectivity index (χ0) is 21.1. The quantitative estimate of drug-likeness (QED) is 0.588. The highest BCUT2D eigenvalue weighted by Gasteiger charge is 2.18. The smallest absolute Gasteiger partial charge is 0.325 e. The number of carbonyl (C=O) groups excluding carboxylic acids is 4. The molecule has 0 fully saturated rings. The first-order chi connectivity index (χ1) is 13.9. The molecule has 2 aromatic rings. The second-order valence-electron chi connectivity index (χ2n) is 6.52. The average Bonchev–Trinajstić information content (AvgIpc) is 2.71. The lowest BCUT2D eigenvalue weighted by molar-refractivity contribution is -0.148. The van der Waals surface area contributed by atoms with Gasteiger partial charge in [0.2, 0.25) is 5.91 Å². The minimum Gasteiger partial charge on any atom is -0.454 e. The number of hydrogen-bond donors (Lipinski definition) is 2. The molecule has 0 aliphatic carbocycles. The van der Waals surface area contributed by atoms with E-state index in [4.69, 9.17) is 4.74 Å². The van der Waals surface area contributed by atoms with Crippen LogP contribution in [0, 0.1) is 0 Å². The molecule has 2 amide bonds. The second kappa shape index (κ2) is 11.4. The van der Waals surface area contributed by atoms with Crippen LogP contribution in [-0.2, 0) is 36.8 Å². The van der Waals surface area contributed by atoms with Gasteiger partial charge in [-0.15, -0.1) is 0 Å². The number of ketones is 1. The van der Waals surface area contributed by atoms with Crippen LogP contribution in [0.4, 0.5) is 0 Å². The Morgan fingerprint density at radius 3 is 2.03 bits per heavy atom. The topological polar surface area (TPSA) is 102 Å². The Bertz CT molecular complexity index is 837. The monoisotopic (exact) mass is 396 g/mol. The molecule has 0 aliphatic heterocycles. The van der Waals surface area contributed by atoms with E-state index in [1.807, 2.05) is 60.7 Å². The van der Waals surface area contributed by atoms with E-state index in [2.05, 4.69) is 10.6 Å². The third-order valence-electron chi connectivity index (χ3n) is 4.11. The summed E-state index contributed by atoms with van der Waals surface area (Å²) in [7, 11) is 0. The summed E-state index contributed by atoms with van der Waals surface area (Å²) in [6, 6.07) is 17.7. The maximum Gasteiger partial charge on any atom is 0.325 e. The molecule has 0 spiro atoms. The SMILES string of the molecule is CC(=O)[C@@H](Cc1ccccc1)NC(=O)COC(=O)CNC(=O)Cc1ccccc1. The molecule has 2 aromatic carbocycles. The molecule has 0 radical (unpaired) electrons. The highest BCUT2D eigenvalue weighted by molar-refractivity contribution is 5.89. The molecule has 2 rings (SSSR count). The Morgan fingerprint density at radius 2 is 1.45 bits per heavy atom. The Labute approximate surface area is 169 Å². The lowest BCUT2D eigenvalue weighted by Gasteiger charge is -2.16. The largest absolute Gasteiger partial charge is 0.454 e. The van der Waals surface area contributed by atoms with E-state index in [0.717, 1.165) is 11.1 Å². The molecule has 0 saturated carbocycles. The molecule has 0 unspecified atom stereocenters. The van der Waals surface area contributed by atoms with Crippen molar-refractivity contribution >= 4 is 23.6 Å². The number of rotatable bonds is 10. The molecule has 152 valence electrons. The van der Waals surface area contributed by atoms with Gasteiger partial charge >= 0.3 is 5.97 Å². The maximum absolute atomic E-state index is 12.0. The third kappa shape index (κ3) is 8.38. The molecular weight excluding hydrogens is 372 g/mol. The fourth-order valence-corrected chi connectivity index (χ4v) is 2.59. The van der Waals surface area contributed by atoms with E-state index in [0.29, 0.717) is 6.42 Å². The first-order valence-corrected chi connectivity index (χ1v) is 9.24. The molecule has 7 nitrogen and oxygen atoms in total. The van der Waals surface area contributed by atoms with Crippen molar-refractivity contribution in [2.75, 3.05) is 13.2 Å².